The SMILES string of the molecule is C[C@H]1N(C(=O)OCc2ccccc2)CC[C@@]1(C#N)CCCB1OC(C)(C)C(C)(C)O1. The standard InChI is InChI=1S/C23H33BN2O4/c1-18-23(17-25,12-9-14-24-29-21(2,3)22(4,5)30-24)13-15-26(18)20(27)28-16-19-10-7-6-8-11-19/h6-8,10-11,18H,9,12-16H2,1-5H3/t18-,23-/m1/s1. The van der Waals surface area contributed by atoms with Crippen LogP contribution in [0, 0.1) is 16.7 Å². The highest BCUT2D eigenvalue weighted by molar-refractivity contribution is 6.45. The first-order chi connectivity index (χ1) is 14.1. The van der Waals surface area contributed by atoms with Gasteiger partial charge in [-0.1, -0.05) is 36.8 Å². The lowest BCUT2D eigenvalue weighted by atomic mass is 9.74. The first-order valence-corrected chi connectivity index (χ1v) is 10.8. The number of rotatable bonds is 6. The fourth-order valence-electron chi connectivity index (χ4n) is 4.28. The summed E-state index contributed by atoms with van der Waals surface area (Å²) >= 11 is 0. The highest BCUT2D eigenvalue weighted by Gasteiger charge is 2.51. The van der Waals surface area contributed by atoms with Gasteiger partial charge in [-0.15, -0.1) is 0 Å². The van der Waals surface area contributed by atoms with Gasteiger partial charge in [0.1, 0.15) is 6.61 Å². The monoisotopic (exact) mass is 412 g/mol. The Morgan fingerprint density at radius 2 is 1.87 bits per heavy atom. The normalized spacial score (nSPS) is 27.1. The van der Waals surface area contributed by atoms with Crippen molar-refractivity contribution < 1.29 is 18.8 Å². The summed E-state index contributed by atoms with van der Waals surface area (Å²) in [5, 5.41) is 9.96. The van der Waals surface area contributed by atoms with Gasteiger partial charge in [0.15, 0.2) is 0 Å². The topological polar surface area (TPSA) is 71.8 Å². The van der Waals surface area contributed by atoms with Gasteiger partial charge in [0.05, 0.1) is 28.7 Å². The van der Waals surface area contributed by atoms with Gasteiger partial charge in [-0.25, -0.2) is 4.79 Å². The van der Waals surface area contributed by atoms with Crippen molar-refractivity contribution in [2.75, 3.05) is 6.54 Å². The maximum absolute atomic E-state index is 12.6. The molecule has 6 nitrogen and oxygen atoms in total. The molecule has 30 heavy (non-hydrogen) atoms. The van der Waals surface area contributed by atoms with Gasteiger partial charge in [-0.05, 0) is 59.3 Å². The Labute approximate surface area is 180 Å². The number of nitriles is 1. The van der Waals surface area contributed by atoms with Crippen molar-refractivity contribution in [2.24, 2.45) is 5.41 Å². The first kappa shape index (κ1) is 22.6. The smallest absolute Gasteiger partial charge is 0.445 e. The number of carbonyl (C=O) groups is 1. The predicted molar refractivity (Wildman–Crippen MR) is 116 cm³/mol. The van der Waals surface area contributed by atoms with Crippen LogP contribution in [-0.2, 0) is 20.7 Å². The van der Waals surface area contributed by atoms with E-state index in [-0.39, 0.29) is 37.1 Å². The molecule has 2 aliphatic rings. The fraction of sp³-hybridized carbons (Fsp3) is 0.652. The third-order valence-electron chi connectivity index (χ3n) is 7.09. The molecule has 2 saturated heterocycles. The highest BCUT2D eigenvalue weighted by atomic mass is 16.7. The average Bonchev–Trinajstić information content (AvgIpc) is 3.13. The summed E-state index contributed by atoms with van der Waals surface area (Å²) in [6, 6.07) is 11.9. The van der Waals surface area contributed by atoms with Crippen molar-refractivity contribution in [1.82, 2.24) is 4.90 Å². The molecule has 1 aromatic rings. The van der Waals surface area contributed by atoms with Crippen LogP contribution in [0.1, 0.15) is 59.4 Å². The van der Waals surface area contributed by atoms with E-state index in [9.17, 15) is 10.1 Å². The van der Waals surface area contributed by atoms with Gasteiger partial charge in [0.25, 0.3) is 0 Å². The lowest BCUT2D eigenvalue weighted by molar-refractivity contribution is 0.00578. The van der Waals surface area contributed by atoms with Crippen molar-refractivity contribution in [3.8, 4) is 6.07 Å². The molecule has 0 aromatic heterocycles. The molecule has 0 unspecified atom stereocenters. The molecule has 0 bridgehead atoms. The van der Waals surface area contributed by atoms with E-state index >= 15 is 0 Å². The van der Waals surface area contributed by atoms with E-state index < -0.39 is 5.41 Å². The number of amides is 1. The lowest BCUT2D eigenvalue weighted by Crippen LogP contribution is -2.41. The van der Waals surface area contributed by atoms with E-state index in [4.69, 9.17) is 14.0 Å². The van der Waals surface area contributed by atoms with Crippen molar-refractivity contribution in [3.05, 3.63) is 35.9 Å². The fourth-order valence-corrected chi connectivity index (χ4v) is 4.28. The van der Waals surface area contributed by atoms with Gasteiger partial charge in [0.2, 0.25) is 0 Å². The third-order valence-corrected chi connectivity index (χ3v) is 7.09. The number of hydrogen-bond donors (Lipinski definition) is 0. The Bertz CT molecular complexity index is 776. The largest absolute Gasteiger partial charge is 0.457 e. The highest BCUT2D eigenvalue weighted by Crippen LogP contribution is 2.43. The summed E-state index contributed by atoms with van der Waals surface area (Å²) in [7, 11) is -0.255. The first-order valence-electron chi connectivity index (χ1n) is 10.8. The number of benzene rings is 1. The predicted octanol–water partition coefficient (Wildman–Crippen LogP) is 4.80. The quantitative estimate of drug-likeness (QED) is 0.628. The van der Waals surface area contributed by atoms with Gasteiger partial charge in [-0.2, -0.15) is 5.26 Å². The Kier molecular flexibility index (Phi) is 6.50. The molecule has 1 aromatic carbocycles. The average molecular weight is 412 g/mol. The van der Waals surface area contributed by atoms with Crippen molar-refractivity contribution in [3.63, 3.8) is 0 Å². The second-order valence-corrected chi connectivity index (χ2v) is 9.51. The zero-order valence-corrected chi connectivity index (χ0v) is 18.8. The molecule has 1 amide bonds. The zero-order valence-electron chi connectivity index (χ0n) is 18.8. The molecule has 162 valence electrons. The van der Waals surface area contributed by atoms with E-state index in [1.54, 1.807) is 4.90 Å². The van der Waals surface area contributed by atoms with E-state index in [0.717, 1.165) is 18.3 Å². The lowest BCUT2D eigenvalue weighted by Gasteiger charge is -2.32. The van der Waals surface area contributed by atoms with Gasteiger partial charge < -0.3 is 18.9 Å². The number of ether oxygens (including phenoxy) is 1. The molecule has 2 aliphatic heterocycles. The second-order valence-electron chi connectivity index (χ2n) is 9.51. The summed E-state index contributed by atoms with van der Waals surface area (Å²) in [5.41, 5.74) is -0.295. The molecule has 0 saturated carbocycles. The van der Waals surface area contributed by atoms with Gasteiger partial charge in [0, 0.05) is 6.54 Å². The minimum atomic E-state index is -0.560. The molecule has 0 radical (unpaired) electrons. The minimum Gasteiger partial charge on any atom is -0.445 e. The molecule has 7 heteroatoms. The molecule has 0 spiro atoms. The number of nitrogens with zero attached hydrogens (tertiary/aromatic N) is 2. The van der Waals surface area contributed by atoms with Crippen molar-refractivity contribution in [1.29, 1.82) is 5.26 Å². The van der Waals surface area contributed by atoms with E-state index in [1.807, 2.05) is 65.0 Å². The van der Waals surface area contributed by atoms with Crippen LogP contribution in [0.5, 0.6) is 0 Å². The Balaban J connectivity index is 1.52. The van der Waals surface area contributed by atoms with Crippen LogP contribution in [0.2, 0.25) is 6.32 Å². The minimum absolute atomic E-state index is 0.191. The van der Waals surface area contributed by atoms with Crippen LogP contribution in [0.15, 0.2) is 30.3 Å². The number of carbonyl (C=O) groups excluding carboxylic acids is 1. The second kappa shape index (κ2) is 8.60. The molecular formula is C23H33BN2O4. The van der Waals surface area contributed by atoms with Crippen LogP contribution < -0.4 is 0 Å². The molecular weight excluding hydrogens is 379 g/mol. The van der Waals surface area contributed by atoms with Crippen molar-refractivity contribution >= 4 is 13.2 Å². The molecule has 0 aliphatic carbocycles. The molecule has 3 rings (SSSR count). The van der Waals surface area contributed by atoms with Crippen LogP contribution >= 0.6 is 0 Å². The van der Waals surface area contributed by atoms with Crippen LogP contribution in [0.4, 0.5) is 4.79 Å². The van der Waals surface area contributed by atoms with Gasteiger partial charge in [-0.3, -0.25) is 0 Å². The maximum atomic E-state index is 12.6. The Morgan fingerprint density at radius 1 is 1.23 bits per heavy atom. The van der Waals surface area contributed by atoms with E-state index in [0.29, 0.717) is 19.4 Å². The molecule has 2 atom stereocenters. The molecule has 0 N–H and O–H groups in total. The molecule has 2 heterocycles. The summed E-state index contributed by atoms with van der Waals surface area (Å²) in [6.07, 6.45) is 2.56. The summed E-state index contributed by atoms with van der Waals surface area (Å²) in [6.45, 7) is 10.9. The number of hydrogen-bond acceptors (Lipinski definition) is 5. The summed E-state index contributed by atoms with van der Waals surface area (Å²) < 4.78 is 17.6. The maximum Gasteiger partial charge on any atom is 0.457 e. The Hall–Kier alpha value is -2.04. The van der Waals surface area contributed by atoms with Crippen LogP contribution in [-0.4, -0.2) is 41.9 Å². The zero-order chi connectivity index (χ0) is 22.0. The summed E-state index contributed by atoms with van der Waals surface area (Å²) in [4.78, 5) is 14.3. The van der Waals surface area contributed by atoms with E-state index in [1.165, 1.54) is 0 Å². The van der Waals surface area contributed by atoms with E-state index in [2.05, 4.69) is 6.07 Å². The number of likely N-dealkylation sites (tertiary alicyclic amines) is 1. The third kappa shape index (κ3) is 4.50. The van der Waals surface area contributed by atoms with Crippen LogP contribution in [0.3, 0.4) is 0 Å². The Morgan fingerprint density at radius 3 is 2.47 bits per heavy atom. The summed E-state index contributed by atoms with van der Waals surface area (Å²) in [5.74, 6) is 0. The van der Waals surface area contributed by atoms with Crippen LogP contribution in [0.25, 0.3) is 0 Å². The molecule has 2 fully saturated rings. The van der Waals surface area contributed by atoms with Gasteiger partial charge >= 0.3 is 13.2 Å². The van der Waals surface area contributed by atoms with Crippen molar-refractivity contribution in [2.45, 2.75) is 84.1 Å².